The second-order valence-electron chi connectivity index (χ2n) is 9.77. The topological polar surface area (TPSA) is 70.6 Å². The van der Waals surface area contributed by atoms with E-state index >= 15 is 0 Å². The fourth-order valence-corrected chi connectivity index (χ4v) is 5.61. The largest absolute Gasteiger partial charge is 0.381 e. The molecular formula is C26H35N5O2. The predicted octanol–water partition coefficient (Wildman–Crippen LogP) is 3.25. The summed E-state index contributed by atoms with van der Waals surface area (Å²) in [4.78, 5) is 27.8. The number of benzene rings is 1. The van der Waals surface area contributed by atoms with Crippen molar-refractivity contribution in [1.82, 2.24) is 19.8 Å². The van der Waals surface area contributed by atoms with Crippen molar-refractivity contribution >= 4 is 11.9 Å². The molecule has 0 aliphatic carbocycles. The van der Waals surface area contributed by atoms with Crippen LogP contribution in [-0.4, -0.2) is 71.6 Å². The lowest BCUT2D eigenvalue weighted by molar-refractivity contribution is -0.140. The van der Waals surface area contributed by atoms with E-state index in [9.17, 15) is 4.79 Å². The Morgan fingerprint density at radius 2 is 1.91 bits per heavy atom. The van der Waals surface area contributed by atoms with Crippen LogP contribution in [-0.2, 0) is 16.0 Å². The van der Waals surface area contributed by atoms with Gasteiger partial charge >= 0.3 is 0 Å². The van der Waals surface area contributed by atoms with E-state index in [-0.39, 0.29) is 23.8 Å². The van der Waals surface area contributed by atoms with Gasteiger partial charge in [0.2, 0.25) is 11.9 Å². The first-order valence-electron chi connectivity index (χ1n) is 12.3. The van der Waals surface area contributed by atoms with Gasteiger partial charge in [0.25, 0.3) is 0 Å². The van der Waals surface area contributed by atoms with E-state index in [1.807, 2.05) is 12.3 Å². The van der Waals surface area contributed by atoms with Crippen LogP contribution in [0, 0.1) is 5.92 Å². The minimum atomic E-state index is -0.0458. The van der Waals surface area contributed by atoms with Crippen LogP contribution < -0.4 is 5.32 Å². The van der Waals surface area contributed by atoms with E-state index in [0.29, 0.717) is 12.0 Å². The van der Waals surface area contributed by atoms with E-state index < -0.39 is 0 Å². The average Bonchev–Trinajstić information content (AvgIpc) is 2.85. The summed E-state index contributed by atoms with van der Waals surface area (Å²) in [6, 6.07) is 10.8. The van der Waals surface area contributed by atoms with E-state index in [0.717, 1.165) is 69.8 Å². The Hall–Kier alpha value is -2.51. The minimum absolute atomic E-state index is 0.00858. The van der Waals surface area contributed by atoms with Gasteiger partial charge in [-0.15, -0.1) is 0 Å². The van der Waals surface area contributed by atoms with Crippen LogP contribution in [0.15, 0.2) is 36.5 Å². The highest BCUT2D eigenvalue weighted by molar-refractivity contribution is 5.81. The number of carbonyl (C=O) groups excluding carboxylic acids is 1. The summed E-state index contributed by atoms with van der Waals surface area (Å²) < 4.78 is 5.46. The van der Waals surface area contributed by atoms with Crippen LogP contribution in [0.25, 0.3) is 0 Å². The summed E-state index contributed by atoms with van der Waals surface area (Å²) >= 11 is 0. The fourth-order valence-electron chi connectivity index (χ4n) is 5.61. The van der Waals surface area contributed by atoms with Gasteiger partial charge in [-0.2, -0.15) is 0 Å². The molecule has 2 saturated heterocycles. The third kappa shape index (κ3) is 4.75. The summed E-state index contributed by atoms with van der Waals surface area (Å²) in [6.45, 7) is 6.28. The second kappa shape index (κ2) is 9.77. The number of aromatic nitrogens is 2. The molecule has 33 heavy (non-hydrogen) atoms. The molecular weight excluding hydrogens is 414 g/mol. The summed E-state index contributed by atoms with van der Waals surface area (Å²) in [6.07, 6.45) is 5.59. The van der Waals surface area contributed by atoms with Crippen molar-refractivity contribution in [3.63, 3.8) is 0 Å². The molecule has 0 spiro atoms. The maximum atomic E-state index is 13.9. The lowest BCUT2D eigenvalue weighted by Crippen LogP contribution is -2.48. The SMILES string of the molecule is C[C@@H]1c2nc(NC3CCOCC3)ncc2CCN1C(=O)[C@H]1CCN(C)C[C@@H]1c1ccccc1. The molecule has 3 atom stereocenters. The molecule has 1 aromatic carbocycles. The molecule has 176 valence electrons. The summed E-state index contributed by atoms with van der Waals surface area (Å²) in [5.41, 5.74) is 3.41. The van der Waals surface area contributed by atoms with E-state index in [2.05, 4.69) is 58.3 Å². The van der Waals surface area contributed by atoms with Gasteiger partial charge in [-0.3, -0.25) is 4.79 Å². The first-order chi connectivity index (χ1) is 16.1. The monoisotopic (exact) mass is 449 g/mol. The zero-order valence-corrected chi connectivity index (χ0v) is 19.7. The smallest absolute Gasteiger partial charge is 0.226 e. The van der Waals surface area contributed by atoms with Gasteiger partial charge < -0.3 is 19.9 Å². The molecule has 2 aromatic rings. The zero-order chi connectivity index (χ0) is 22.8. The molecule has 2 fully saturated rings. The Labute approximate surface area is 196 Å². The summed E-state index contributed by atoms with van der Waals surface area (Å²) in [5, 5.41) is 3.48. The number of nitrogens with zero attached hydrogens (tertiary/aromatic N) is 4. The molecule has 7 nitrogen and oxygen atoms in total. The van der Waals surface area contributed by atoms with Crippen LogP contribution in [0.1, 0.15) is 55.0 Å². The van der Waals surface area contributed by atoms with Gasteiger partial charge in [0.1, 0.15) is 0 Å². The second-order valence-corrected chi connectivity index (χ2v) is 9.77. The number of hydrogen-bond acceptors (Lipinski definition) is 6. The summed E-state index contributed by atoms with van der Waals surface area (Å²) in [7, 11) is 2.15. The number of amides is 1. The molecule has 3 aliphatic heterocycles. The van der Waals surface area contributed by atoms with Gasteiger partial charge in [0.05, 0.1) is 11.7 Å². The Morgan fingerprint density at radius 3 is 2.70 bits per heavy atom. The maximum Gasteiger partial charge on any atom is 0.226 e. The minimum Gasteiger partial charge on any atom is -0.381 e. The lowest BCUT2D eigenvalue weighted by atomic mass is 9.79. The van der Waals surface area contributed by atoms with Crippen molar-refractivity contribution in [2.45, 2.75) is 50.6 Å². The molecule has 0 unspecified atom stereocenters. The molecule has 0 bridgehead atoms. The number of ether oxygens (including phenoxy) is 1. The number of likely N-dealkylation sites (N-methyl/N-ethyl adjacent to an activating group) is 1. The highest BCUT2D eigenvalue weighted by atomic mass is 16.5. The molecule has 1 amide bonds. The first kappa shape index (κ1) is 22.3. The van der Waals surface area contributed by atoms with Gasteiger partial charge in [-0.1, -0.05) is 30.3 Å². The number of hydrogen-bond donors (Lipinski definition) is 1. The molecule has 1 N–H and O–H groups in total. The Bertz CT molecular complexity index is 962. The average molecular weight is 450 g/mol. The fraction of sp³-hybridized carbons (Fsp3) is 0.577. The van der Waals surface area contributed by atoms with Crippen LogP contribution in [0.5, 0.6) is 0 Å². The Kier molecular flexibility index (Phi) is 6.60. The van der Waals surface area contributed by atoms with Crippen LogP contribution in [0.4, 0.5) is 5.95 Å². The Balaban J connectivity index is 1.35. The summed E-state index contributed by atoms with van der Waals surface area (Å²) in [5.74, 6) is 1.17. The van der Waals surface area contributed by atoms with Gasteiger partial charge in [-0.25, -0.2) is 9.97 Å². The van der Waals surface area contributed by atoms with E-state index in [4.69, 9.17) is 9.72 Å². The van der Waals surface area contributed by atoms with Crippen molar-refractivity contribution in [1.29, 1.82) is 0 Å². The molecule has 1 aromatic heterocycles. The van der Waals surface area contributed by atoms with E-state index in [1.165, 1.54) is 5.56 Å². The van der Waals surface area contributed by atoms with Crippen LogP contribution >= 0.6 is 0 Å². The van der Waals surface area contributed by atoms with Crippen molar-refractivity contribution < 1.29 is 9.53 Å². The highest BCUT2D eigenvalue weighted by Crippen LogP contribution is 2.37. The number of piperidine rings is 1. The quantitative estimate of drug-likeness (QED) is 0.773. The van der Waals surface area contributed by atoms with Crippen molar-refractivity contribution in [2.75, 3.05) is 45.2 Å². The first-order valence-corrected chi connectivity index (χ1v) is 12.3. The number of nitrogens with one attached hydrogen (secondary N) is 1. The van der Waals surface area contributed by atoms with Crippen molar-refractivity contribution in [2.24, 2.45) is 5.92 Å². The van der Waals surface area contributed by atoms with Crippen molar-refractivity contribution in [3.8, 4) is 0 Å². The van der Waals surface area contributed by atoms with E-state index in [1.54, 1.807) is 0 Å². The zero-order valence-electron chi connectivity index (χ0n) is 19.7. The van der Waals surface area contributed by atoms with Crippen molar-refractivity contribution in [3.05, 3.63) is 53.3 Å². The van der Waals surface area contributed by atoms with Gasteiger partial charge in [-0.05, 0) is 57.3 Å². The number of likely N-dealkylation sites (tertiary alicyclic amines) is 1. The lowest BCUT2D eigenvalue weighted by Gasteiger charge is -2.42. The predicted molar refractivity (Wildman–Crippen MR) is 128 cm³/mol. The molecule has 3 aliphatic rings. The number of fused-ring (bicyclic) bond motifs is 1. The van der Waals surface area contributed by atoms with Gasteiger partial charge in [0.15, 0.2) is 0 Å². The molecule has 0 saturated carbocycles. The molecule has 0 radical (unpaired) electrons. The highest BCUT2D eigenvalue weighted by Gasteiger charge is 2.39. The van der Waals surface area contributed by atoms with Crippen LogP contribution in [0.2, 0.25) is 0 Å². The standard InChI is InChI=1S/C26H35N5O2/c1-18-24-20(16-27-26(29-24)28-21-10-14-33-15-11-21)8-13-31(18)25(32)22-9-12-30(2)17-23(22)19-6-4-3-5-7-19/h3-7,16,18,21-23H,8-15,17H2,1-2H3,(H,27,28,29)/t18-,22+,23-/m1/s1. The normalized spacial score (nSPS) is 26.6. The molecule has 5 rings (SSSR count). The third-order valence-corrected chi connectivity index (χ3v) is 7.58. The Morgan fingerprint density at radius 1 is 1.12 bits per heavy atom. The molecule has 7 heteroatoms. The van der Waals surface area contributed by atoms with Crippen LogP contribution in [0.3, 0.4) is 0 Å². The number of carbonyl (C=O) groups is 1. The molecule has 4 heterocycles. The van der Waals surface area contributed by atoms with Gasteiger partial charge in [0, 0.05) is 50.4 Å². The number of anilines is 1. The number of rotatable bonds is 4. The maximum absolute atomic E-state index is 13.9. The third-order valence-electron chi connectivity index (χ3n) is 7.58.